The van der Waals surface area contributed by atoms with Gasteiger partial charge in [0.25, 0.3) is 0 Å². The summed E-state index contributed by atoms with van der Waals surface area (Å²) in [5.74, 6) is 0.634. The lowest BCUT2D eigenvalue weighted by Gasteiger charge is -2.09. The molecule has 9 heavy (non-hydrogen) atoms. The lowest BCUT2D eigenvalue weighted by atomic mass is 10.2. The molecule has 1 atom stereocenters. The molecule has 0 unspecified atom stereocenters. The van der Waals surface area contributed by atoms with Gasteiger partial charge in [-0.2, -0.15) is 0 Å². The van der Waals surface area contributed by atoms with Crippen molar-refractivity contribution in [2.75, 3.05) is 11.5 Å². The predicted molar refractivity (Wildman–Crippen MR) is 40.6 cm³/mol. The fourth-order valence-corrected chi connectivity index (χ4v) is 4.45. The van der Waals surface area contributed by atoms with Gasteiger partial charge in [-0.25, -0.2) is 8.42 Å². The van der Waals surface area contributed by atoms with E-state index in [9.17, 15) is 8.42 Å². The maximum absolute atomic E-state index is 10.8. The third-order valence-electron chi connectivity index (χ3n) is 1.46. The monoisotopic (exact) mass is 212 g/mol. The molecule has 0 bridgehead atoms. The molecule has 54 valence electrons. The van der Waals surface area contributed by atoms with Gasteiger partial charge < -0.3 is 0 Å². The minimum atomic E-state index is -2.70. The number of rotatable bonds is 0. The topological polar surface area (TPSA) is 34.1 Å². The number of alkyl halides is 1. The highest BCUT2D eigenvalue weighted by Crippen LogP contribution is 2.30. The molecular formula is C5H9BrO2S. The van der Waals surface area contributed by atoms with Crippen molar-refractivity contribution in [1.82, 2.24) is 0 Å². The van der Waals surface area contributed by atoms with Gasteiger partial charge in [-0.15, -0.1) is 0 Å². The van der Waals surface area contributed by atoms with Crippen LogP contribution in [0.2, 0.25) is 0 Å². The number of halogens is 1. The second kappa shape index (κ2) is 1.95. The van der Waals surface area contributed by atoms with Crippen LogP contribution in [-0.2, 0) is 9.84 Å². The Balaban J connectivity index is 2.81. The first-order valence-corrected chi connectivity index (χ1v) is 5.42. The molecule has 0 aromatic carbocycles. The third-order valence-corrected chi connectivity index (χ3v) is 4.41. The molecule has 0 N–H and O–H groups in total. The van der Waals surface area contributed by atoms with Crippen molar-refractivity contribution in [2.45, 2.75) is 17.7 Å². The van der Waals surface area contributed by atoms with Crippen LogP contribution in [0.1, 0.15) is 13.3 Å². The zero-order chi connectivity index (χ0) is 7.12. The van der Waals surface area contributed by atoms with Gasteiger partial charge in [0.15, 0.2) is 9.84 Å². The Bertz CT molecular complexity index is 205. The van der Waals surface area contributed by atoms with Gasteiger partial charge in [-0.3, -0.25) is 0 Å². The smallest absolute Gasteiger partial charge is 0.151 e. The van der Waals surface area contributed by atoms with Gasteiger partial charge in [0.2, 0.25) is 0 Å². The molecule has 0 aliphatic carbocycles. The molecule has 1 aliphatic heterocycles. The van der Waals surface area contributed by atoms with Gasteiger partial charge in [0.05, 0.1) is 11.5 Å². The molecule has 0 aromatic heterocycles. The van der Waals surface area contributed by atoms with Crippen LogP contribution in [0.15, 0.2) is 0 Å². The van der Waals surface area contributed by atoms with E-state index in [1.165, 1.54) is 0 Å². The molecule has 1 heterocycles. The van der Waals surface area contributed by atoms with E-state index in [4.69, 9.17) is 0 Å². The molecule has 0 radical (unpaired) electrons. The molecule has 4 heteroatoms. The van der Waals surface area contributed by atoms with Crippen molar-refractivity contribution in [3.8, 4) is 0 Å². The van der Waals surface area contributed by atoms with E-state index >= 15 is 0 Å². The Morgan fingerprint density at radius 1 is 1.56 bits per heavy atom. The summed E-state index contributed by atoms with van der Waals surface area (Å²) in [5.41, 5.74) is 0. The molecule has 0 aromatic rings. The van der Waals surface area contributed by atoms with Gasteiger partial charge in [-0.1, -0.05) is 15.9 Å². The highest BCUT2D eigenvalue weighted by atomic mass is 79.9. The van der Waals surface area contributed by atoms with Gasteiger partial charge in [0, 0.05) is 4.32 Å². The zero-order valence-corrected chi connectivity index (χ0v) is 7.63. The van der Waals surface area contributed by atoms with E-state index in [0.29, 0.717) is 11.5 Å². The fourth-order valence-electron chi connectivity index (χ4n) is 0.971. The van der Waals surface area contributed by atoms with Crippen LogP contribution in [0.5, 0.6) is 0 Å². The fraction of sp³-hybridized carbons (Fsp3) is 1.00. The van der Waals surface area contributed by atoms with E-state index < -0.39 is 9.84 Å². The van der Waals surface area contributed by atoms with E-state index in [1.54, 1.807) is 0 Å². The van der Waals surface area contributed by atoms with Crippen LogP contribution in [0.25, 0.3) is 0 Å². The van der Waals surface area contributed by atoms with Crippen molar-refractivity contribution in [1.29, 1.82) is 0 Å². The highest BCUT2D eigenvalue weighted by molar-refractivity contribution is 9.10. The van der Waals surface area contributed by atoms with Crippen molar-refractivity contribution in [2.24, 2.45) is 0 Å². The number of hydrogen-bond acceptors (Lipinski definition) is 2. The summed E-state index contributed by atoms with van der Waals surface area (Å²) in [6.07, 6.45) is 0.745. The van der Waals surface area contributed by atoms with Crippen LogP contribution >= 0.6 is 15.9 Å². The Morgan fingerprint density at radius 2 is 2.11 bits per heavy atom. The summed E-state index contributed by atoms with van der Waals surface area (Å²) in [6, 6.07) is 0. The van der Waals surface area contributed by atoms with Crippen LogP contribution in [-0.4, -0.2) is 24.2 Å². The Kier molecular flexibility index (Phi) is 1.64. The standard InChI is InChI=1S/C5H9BrO2S/c1-5(6)2-3-9(7,8)4-5/h2-4H2,1H3/t5-/m0/s1. The van der Waals surface area contributed by atoms with E-state index in [0.717, 1.165) is 6.42 Å². The van der Waals surface area contributed by atoms with Gasteiger partial charge in [-0.05, 0) is 13.3 Å². The molecular weight excluding hydrogens is 204 g/mol. The molecule has 1 saturated heterocycles. The first kappa shape index (κ1) is 7.54. The maximum atomic E-state index is 10.8. The Hall–Kier alpha value is 0.430. The second-order valence-corrected chi connectivity index (χ2v) is 6.85. The largest absolute Gasteiger partial charge is 0.229 e. The summed E-state index contributed by atoms with van der Waals surface area (Å²) in [7, 11) is -2.70. The predicted octanol–water partition coefficient (Wildman–Crippen LogP) is 0.959. The van der Waals surface area contributed by atoms with Crippen molar-refractivity contribution >= 4 is 25.8 Å². The van der Waals surface area contributed by atoms with Crippen molar-refractivity contribution < 1.29 is 8.42 Å². The van der Waals surface area contributed by atoms with Crippen LogP contribution in [0.4, 0.5) is 0 Å². The third kappa shape index (κ3) is 1.93. The lowest BCUT2D eigenvalue weighted by Crippen LogP contribution is -2.16. The lowest BCUT2D eigenvalue weighted by molar-refractivity contribution is 0.601. The van der Waals surface area contributed by atoms with Crippen LogP contribution in [0, 0.1) is 0 Å². The Morgan fingerprint density at radius 3 is 2.22 bits per heavy atom. The molecule has 0 spiro atoms. The van der Waals surface area contributed by atoms with E-state index in [1.807, 2.05) is 6.92 Å². The number of sulfone groups is 1. The summed E-state index contributed by atoms with van der Waals surface area (Å²) in [5, 5.41) is 0. The molecule has 2 nitrogen and oxygen atoms in total. The molecule has 0 saturated carbocycles. The van der Waals surface area contributed by atoms with Crippen molar-refractivity contribution in [3.63, 3.8) is 0 Å². The second-order valence-electron chi connectivity index (χ2n) is 2.76. The van der Waals surface area contributed by atoms with E-state index in [2.05, 4.69) is 15.9 Å². The molecule has 0 amide bonds. The SMILES string of the molecule is C[C@]1(Br)CCS(=O)(=O)C1. The molecule has 1 aliphatic rings. The zero-order valence-electron chi connectivity index (χ0n) is 5.22. The molecule has 1 rings (SSSR count). The summed E-state index contributed by atoms with van der Waals surface area (Å²) < 4.78 is 21.5. The van der Waals surface area contributed by atoms with Gasteiger partial charge >= 0.3 is 0 Å². The summed E-state index contributed by atoms with van der Waals surface area (Å²) >= 11 is 3.34. The van der Waals surface area contributed by atoms with Crippen LogP contribution in [0.3, 0.4) is 0 Å². The molecule has 1 fully saturated rings. The minimum Gasteiger partial charge on any atom is -0.229 e. The first-order valence-electron chi connectivity index (χ1n) is 2.81. The maximum Gasteiger partial charge on any atom is 0.151 e. The van der Waals surface area contributed by atoms with E-state index in [-0.39, 0.29) is 4.32 Å². The Labute approximate surface area is 63.7 Å². The summed E-state index contributed by atoms with van der Waals surface area (Å²) in [6.45, 7) is 1.91. The summed E-state index contributed by atoms with van der Waals surface area (Å²) in [4.78, 5) is 0. The number of hydrogen-bond donors (Lipinski definition) is 0. The average Bonchev–Trinajstić information content (AvgIpc) is 1.78. The van der Waals surface area contributed by atoms with Crippen LogP contribution < -0.4 is 0 Å². The normalized spacial score (nSPS) is 41.1. The average molecular weight is 213 g/mol. The highest BCUT2D eigenvalue weighted by Gasteiger charge is 2.35. The van der Waals surface area contributed by atoms with Gasteiger partial charge in [0.1, 0.15) is 0 Å². The van der Waals surface area contributed by atoms with Crippen molar-refractivity contribution in [3.05, 3.63) is 0 Å². The first-order chi connectivity index (χ1) is 3.91. The minimum absolute atomic E-state index is 0.147. The quantitative estimate of drug-likeness (QED) is 0.561.